The van der Waals surface area contributed by atoms with Gasteiger partial charge in [-0.2, -0.15) is 15.2 Å². The van der Waals surface area contributed by atoms with Crippen molar-refractivity contribution >= 4 is 40.4 Å². The van der Waals surface area contributed by atoms with Gasteiger partial charge in [0.1, 0.15) is 12.1 Å². The Kier molecular flexibility index (Phi) is 6.43. The molecule has 1 N–H and O–H groups in total. The third-order valence-corrected chi connectivity index (χ3v) is 5.88. The second-order valence-corrected chi connectivity index (χ2v) is 10.00. The van der Waals surface area contributed by atoms with Crippen LogP contribution in [0.25, 0.3) is 11.0 Å². The number of aromatic nitrogens is 6. The molecule has 0 spiro atoms. The molecule has 0 saturated carbocycles. The van der Waals surface area contributed by atoms with Gasteiger partial charge in [0.25, 0.3) is 0 Å². The molecule has 198 valence electrons. The van der Waals surface area contributed by atoms with Crippen molar-refractivity contribution in [2.24, 2.45) is 7.05 Å². The van der Waals surface area contributed by atoms with Crippen molar-refractivity contribution in [3.8, 4) is 0 Å². The molecule has 1 aliphatic rings. The minimum Gasteiger partial charge on any atom is -0.444 e. The van der Waals surface area contributed by atoms with Gasteiger partial charge in [0, 0.05) is 38.1 Å². The summed E-state index contributed by atoms with van der Waals surface area (Å²) in [7, 11) is 1.81. The third kappa shape index (κ3) is 5.26. The van der Waals surface area contributed by atoms with Crippen LogP contribution < -0.4 is 10.2 Å². The molecule has 5 rings (SSSR count). The van der Waals surface area contributed by atoms with Crippen LogP contribution in [-0.4, -0.2) is 71.7 Å². The van der Waals surface area contributed by atoms with E-state index in [0.717, 1.165) is 5.69 Å². The summed E-state index contributed by atoms with van der Waals surface area (Å²) in [6, 6.07) is 4.89. The van der Waals surface area contributed by atoms with Crippen molar-refractivity contribution in [2.45, 2.75) is 32.9 Å². The Hall–Kier alpha value is -4.55. The van der Waals surface area contributed by atoms with Crippen LogP contribution in [0.15, 0.2) is 43.0 Å². The summed E-state index contributed by atoms with van der Waals surface area (Å²) < 4.78 is 24.3. The molecule has 1 aliphatic heterocycles. The van der Waals surface area contributed by atoms with E-state index in [0.29, 0.717) is 22.5 Å². The highest BCUT2D eigenvalue weighted by Gasteiger charge is 2.32. The molecule has 4 aromatic rings. The highest BCUT2D eigenvalue weighted by atomic mass is 19.1. The number of carbonyl (C=O) groups excluding carboxylic acids is 2. The molecule has 1 fully saturated rings. The average Bonchev–Trinajstić information content (AvgIpc) is 3.45. The van der Waals surface area contributed by atoms with E-state index < -0.39 is 17.5 Å². The SMILES string of the molecule is Cn1cc(Nc2ncc3cnn(Cc4cccc(N5CCN(C(=O)OC(C)(C)C)CC5=O)c4F)c3n2)cn1. The van der Waals surface area contributed by atoms with Crippen LogP contribution in [-0.2, 0) is 23.1 Å². The Balaban J connectivity index is 1.34. The van der Waals surface area contributed by atoms with Crippen molar-refractivity contribution in [3.63, 3.8) is 0 Å². The lowest BCUT2D eigenvalue weighted by atomic mass is 10.1. The second-order valence-electron chi connectivity index (χ2n) is 10.00. The Bertz CT molecular complexity index is 1510. The topological polar surface area (TPSA) is 123 Å². The first kappa shape index (κ1) is 25.1. The largest absolute Gasteiger partial charge is 0.444 e. The second kappa shape index (κ2) is 9.72. The predicted molar refractivity (Wildman–Crippen MR) is 137 cm³/mol. The molecule has 3 aromatic heterocycles. The van der Waals surface area contributed by atoms with Gasteiger partial charge in [-0.15, -0.1) is 0 Å². The number of amides is 2. The van der Waals surface area contributed by atoms with Crippen LogP contribution in [0.1, 0.15) is 26.3 Å². The fraction of sp³-hybridized carbons (Fsp3) is 0.360. The van der Waals surface area contributed by atoms with Crippen LogP contribution >= 0.6 is 0 Å². The first-order valence-corrected chi connectivity index (χ1v) is 12.1. The number of nitrogens with zero attached hydrogens (tertiary/aromatic N) is 8. The summed E-state index contributed by atoms with van der Waals surface area (Å²) in [5.41, 5.74) is 1.08. The number of hydrogen-bond donors (Lipinski definition) is 1. The van der Waals surface area contributed by atoms with Gasteiger partial charge in [0.2, 0.25) is 11.9 Å². The van der Waals surface area contributed by atoms with E-state index in [1.54, 1.807) is 73.1 Å². The van der Waals surface area contributed by atoms with E-state index in [1.807, 2.05) is 7.05 Å². The van der Waals surface area contributed by atoms with Crippen LogP contribution in [0.5, 0.6) is 0 Å². The number of halogens is 1. The number of hydrogen-bond acceptors (Lipinski definition) is 8. The number of fused-ring (bicyclic) bond motifs is 1. The number of nitrogens with one attached hydrogen (secondary N) is 1. The number of ether oxygens (including phenoxy) is 1. The molecule has 13 heteroatoms. The molecule has 0 aliphatic carbocycles. The Morgan fingerprint density at radius 2 is 1.97 bits per heavy atom. The van der Waals surface area contributed by atoms with Crippen molar-refractivity contribution in [1.29, 1.82) is 0 Å². The Labute approximate surface area is 218 Å². The summed E-state index contributed by atoms with van der Waals surface area (Å²) in [4.78, 5) is 36.8. The van der Waals surface area contributed by atoms with Crippen molar-refractivity contribution in [1.82, 2.24) is 34.4 Å². The van der Waals surface area contributed by atoms with E-state index in [1.165, 1.54) is 9.80 Å². The van der Waals surface area contributed by atoms with Crippen molar-refractivity contribution < 1.29 is 18.7 Å². The highest BCUT2D eigenvalue weighted by molar-refractivity contribution is 5.97. The molecular formula is C25H28FN9O3. The molecule has 0 atom stereocenters. The number of benzene rings is 1. The number of carbonyl (C=O) groups is 2. The summed E-state index contributed by atoms with van der Waals surface area (Å²) in [6.07, 6.45) is 6.13. The van der Waals surface area contributed by atoms with Crippen LogP contribution in [0.2, 0.25) is 0 Å². The van der Waals surface area contributed by atoms with Gasteiger partial charge in [0.15, 0.2) is 11.5 Å². The summed E-state index contributed by atoms with van der Waals surface area (Å²) in [6.45, 7) is 5.58. The minimum atomic E-state index is -0.672. The predicted octanol–water partition coefficient (Wildman–Crippen LogP) is 3.07. The maximum Gasteiger partial charge on any atom is 0.410 e. The number of rotatable bonds is 5. The third-order valence-electron chi connectivity index (χ3n) is 5.88. The zero-order valence-electron chi connectivity index (χ0n) is 21.6. The minimum absolute atomic E-state index is 0.0958. The normalized spacial score (nSPS) is 14.3. The molecule has 0 bridgehead atoms. The summed E-state index contributed by atoms with van der Waals surface area (Å²) in [5.74, 6) is -0.561. The Morgan fingerprint density at radius 3 is 2.68 bits per heavy atom. The highest BCUT2D eigenvalue weighted by Crippen LogP contribution is 2.26. The summed E-state index contributed by atoms with van der Waals surface area (Å²) >= 11 is 0. The van der Waals surface area contributed by atoms with Crippen molar-refractivity contribution in [2.75, 3.05) is 29.9 Å². The molecule has 12 nitrogen and oxygen atoms in total. The van der Waals surface area contributed by atoms with Gasteiger partial charge in [-0.1, -0.05) is 12.1 Å². The van der Waals surface area contributed by atoms with Crippen molar-refractivity contribution in [3.05, 3.63) is 54.4 Å². The lowest BCUT2D eigenvalue weighted by Crippen LogP contribution is -2.53. The average molecular weight is 522 g/mol. The van der Waals surface area contributed by atoms with Gasteiger partial charge in [0.05, 0.1) is 35.7 Å². The zero-order valence-corrected chi connectivity index (χ0v) is 21.6. The fourth-order valence-corrected chi connectivity index (χ4v) is 4.13. The molecular weight excluding hydrogens is 493 g/mol. The molecule has 38 heavy (non-hydrogen) atoms. The van der Waals surface area contributed by atoms with Gasteiger partial charge >= 0.3 is 6.09 Å². The monoisotopic (exact) mass is 521 g/mol. The van der Waals surface area contributed by atoms with Crippen LogP contribution in [0, 0.1) is 5.82 Å². The molecule has 1 aromatic carbocycles. The lowest BCUT2D eigenvalue weighted by Gasteiger charge is -2.35. The molecule has 0 radical (unpaired) electrons. The van der Waals surface area contributed by atoms with E-state index in [4.69, 9.17) is 4.74 Å². The summed E-state index contributed by atoms with van der Waals surface area (Å²) in [5, 5.41) is 12.3. The van der Waals surface area contributed by atoms with Crippen LogP contribution in [0.4, 0.5) is 26.5 Å². The first-order valence-electron chi connectivity index (χ1n) is 12.1. The quantitative estimate of drug-likeness (QED) is 0.425. The standard InChI is InChI=1S/C25H28FN9O3/c1-25(2,3)38-24(37)33-8-9-34(20(36)15-33)19-7-5-6-16(21(19)26)13-35-22-17(11-29-35)10-27-23(31-22)30-18-12-28-32(4)14-18/h5-7,10-12,14H,8-9,13,15H2,1-4H3,(H,27,30,31). The molecule has 1 saturated heterocycles. The smallest absolute Gasteiger partial charge is 0.410 e. The van der Waals surface area contributed by atoms with Gasteiger partial charge in [-0.25, -0.2) is 18.9 Å². The lowest BCUT2D eigenvalue weighted by molar-refractivity contribution is -0.121. The number of anilines is 3. The van der Waals surface area contributed by atoms with E-state index in [-0.39, 0.29) is 37.8 Å². The van der Waals surface area contributed by atoms with Gasteiger partial charge < -0.3 is 15.0 Å². The van der Waals surface area contributed by atoms with Gasteiger partial charge in [-0.05, 0) is 26.8 Å². The Morgan fingerprint density at radius 1 is 1.16 bits per heavy atom. The van der Waals surface area contributed by atoms with Gasteiger partial charge in [-0.3, -0.25) is 14.4 Å². The van der Waals surface area contributed by atoms with E-state index in [2.05, 4.69) is 25.5 Å². The van der Waals surface area contributed by atoms with E-state index >= 15 is 4.39 Å². The molecule has 0 unspecified atom stereocenters. The van der Waals surface area contributed by atoms with E-state index in [9.17, 15) is 9.59 Å². The first-order chi connectivity index (χ1) is 18.1. The number of aryl methyl sites for hydroxylation is 1. The maximum atomic E-state index is 15.7. The van der Waals surface area contributed by atoms with Crippen LogP contribution in [0.3, 0.4) is 0 Å². The molecule has 2 amide bonds. The maximum absolute atomic E-state index is 15.7. The zero-order chi connectivity index (χ0) is 27.0. The fourth-order valence-electron chi connectivity index (χ4n) is 4.13. The molecule has 4 heterocycles. The number of piperazine rings is 1.